The van der Waals surface area contributed by atoms with E-state index >= 15 is 0 Å². The maximum atomic E-state index is 12.0. The minimum atomic E-state index is -4.40. The summed E-state index contributed by atoms with van der Waals surface area (Å²) in [5.41, 5.74) is 0. The van der Waals surface area contributed by atoms with Crippen LogP contribution in [0.15, 0.2) is 0 Å². The summed E-state index contributed by atoms with van der Waals surface area (Å²) in [5, 5.41) is 0. The molecule has 0 saturated carbocycles. The van der Waals surface area contributed by atoms with Gasteiger partial charge in [-0.05, 0) is 19.3 Å². The van der Waals surface area contributed by atoms with E-state index in [9.17, 15) is 17.8 Å². The quantitative estimate of drug-likeness (QED) is 0.0647. The van der Waals surface area contributed by atoms with Crippen molar-refractivity contribution in [2.75, 3.05) is 5.75 Å². The second-order valence-corrected chi connectivity index (χ2v) is 11.5. The number of esters is 1. The summed E-state index contributed by atoms with van der Waals surface area (Å²) >= 11 is 0. The van der Waals surface area contributed by atoms with Crippen molar-refractivity contribution >= 4 is 16.1 Å². The largest absolute Gasteiger partial charge is 1.00 e. The first-order chi connectivity index (χ1) is 16.4. The van der Waals surface area contributed by atoms with Gasteiger partial charge in [-0.2, -0.15) is 0 Å². The van der Waals surface area contributed by atoms with Crippen LogP contribution in [-0.2, 0) is 19.6 Å². The molecular formula is C28H55NaO5S. The summed E-state index contributed by atoms with van der Waals surface area (Å²) in [6.07, 6.45) is 25.5. The molecule has 204 valence electrons. The first kappa shape index (κ1) is 37.5. The average Bonchev–Trinajstić information content (AvgIpc) is 2.77. The Hall–Kier alpha value is 0.380. The van der Waals surface area contributed by atoms with Gasteiger partial charge in [0.25, 0.3) is 0 Å². The van der Waals surface area contributed by atoms with E-state index in [1.165, 1.54) is 83.5 Å². The van der Waals surface area contributed by atoms with Gasteiger partial charge in [-0.15, -0.1) is 0 Å². The smallest absolute Gasteiger partial charge is 0.748 e. The van der Waals surface area contributed by atoms with Crippen molar-refractivity contribution in [2.24, 2.45) is 0 Å². The third-order valence-corrected chi connectivity index (χ3v) is 7.33. The Morgan fingerprint density at radius 1 is 0.629 bits per heavy atom. The van der Waals surface area contributed by atoms with Crippen LogP contribution in [-0.4, -0.2) is 30.8 Å². The molecule has 0 aliphatic rings. The fraction of sp³-hybridized carbons (Fsp3) is 0.964. The van der Waals surface area contributed by atoms with Gasteiger partial charge in [-0.25, -0.2) is 8.42 Å². The first-order valence-electron chi connectivity index (χ1n) is 14.5. The maximum Gasteiger partial charge on any atom is 1.00 e. The van der Waals surface area contributed by atoms with E-state index in [2.05, 4.69) is 13.8 Å². The van der Waals surface area contributed by atoms with Gasteiger partial charge in [-0.3, -0.25) is 4.79 Å². The standard InChI is InChI=1S/C28H56O5S.Na/c1-3-5-7-9-10-11-12-13-14-15-16-17-18-19-21-22-24-27(26-34(30,31)32)33-28(29)25-23-20-8-6-4-2;/h27H,3-26H2,1-2H3,(H,30,31,32);/q;+1/p-1. The van der Waals surface area contributed by atoms with E-state index in [1.807, 2.05) is 0 Å². The van der Waals surface area contributed by atoms with Crippen molar-refractivity contribution in [3.8, 4) is 0 Å². The van der Waals surface area contributed by atoms with Crippen LogP contribution in [0.2, 0.25) is 0 Å². The van der Waals surface area contributed by atoms with Gasteiger partial charge in [0.15, 0.2) is 0 Å². The van der Waals surface area contributed by atoms with E-state index in [1.54, 1.807) is 0 Å². The van der Waals surface area contributed by atoms with Gasteiger partial charge < -0.3 is 9.29 Å². The molecule has 0 saturated heterocycles. The van der Waals surface area contributed by atoms with Crippen LogP contribution in [0.5, 0.6) is 0 Å². The van der Waals surface area contributed by atoms with Gasteiger partial charge in [-0.1, -0.05) is 136 Å². The molecule has 0 amide bonds. The van der Waals surface area contributed by atoms with Crippen molar-refractivity contribution in [2.45, 2.75) is 168 Å². The van der Waals surface area contributed by atoms with Crippen molar-refractivity contribution < 1.29 is 52.1 Å². The van der Waals surface area contributed by atoms with Crippen LogP contribution in [0.1, 0.15) is 162 Å². The predicted molar refractivity (Wildman–Crippen MR) is 142 cm³/mol. The van der Waals surface area contributed by atoms with Crippen LogP contribution in [0, 0.1) is 0 Å². The molecule has 0 heterocycles. The maximum absolute atomic E-state index is 12.0. The van der Waals surface area contributed by atoms with Gasteiger partial charge in [0.2, 0.25) is 0 Å². The summed E-state index contributed by atoms with van der Waals surface area (Å²) in [6, 6.07) is 0. The molecular weight excluding hydrogens is 471 g/mol. The molecule has 5 nitrogen and oxygen atoms in total. The van der Waals surface area contributed by atoms with Crippen LogP contribution < -0.4 is 29.6 Å². The van der Waals surface area contributed by atoms with E-state index < -0.39 is 22.0 Å². The Morgan fingerprint density at radius 2 is 0.971 bits per heavy atom. The average molecular weight is 527 g/mol. The number of rotatable bonds is 26. The molecule has 0 N–H and O–H groups in total. The minimum Gasteiger partial charge on any atom is -0.748 e. The van der Waals surface area contributed by atoms with Gasteiger partial charge in [0, 0.05) is 6.42 Å². The zero-order chi connectivity index (χ0) is 25.3. The zero-order valence-corrected chi connectivity index (χ0v) is 26.3. The fourth-order valence-electron chi connectivity index (χ4n) is 4.44. The summed E-state index contributed by atoms with van der Waals surface area (Å²) in [7, 11) is -4.40. The molecule has 0 rings (SSSR count). The number of carbonyl (C=O) groups is 1. The Labute approximate surface area is 240 Å². The molecule has 0 spiro atoms. The van der Waals surface area contributed by atoms with Crippen molar-refractivity contribution in [3.05, 3.63) is 0 Å². The second kappa shape index (κ2) is 27.4. The molecule has 0 aliphatic heterocycles. The van der Waals surface area contributed by atoms with E-state index in [0.717, 1.165) is 51.4 Å². The molecule has 1 unspecified atom stereocenters. The van der Waals surface area contributed by atoms with Gasteiger partial charge >= 0.3 is 35.5 Å². The number of ether oxygens (including phenoxy) is 1. The SMILES string of the molecule is CCCCCCCCCCCCCCCCCCC(CS(=O)(=O)[O-])OC(=O)CCCCCCC.[Na+]. The Kier molecular flexibility index (Phi) is 29.4. The Balaban J connectivity index is 0. The van der Waals surface area contributed by atoms with Crippen LogP contribution >= 0.6 is 0 Å². The summed E-state index contributed by atoms with van der Waals surface area (Å²) in [6.45, 7) is 4.40. The zero-order valence-electron chi connectivity index (χ0n) is 23.5. The van der Waals surface area contributed by atoms with E-state index in [4.69, 9.17) is 4.74 Å². The van der Waals surface area contributed by atoms with Crippen molar-refractivity contribution in [1.29, 1.82) is 0 Å². The summed E-state index contributed by atoms with van der Waals surface area (Å²) in [5.74, 6) is -0.977. The second-order valence-electron chi connectivity index (χ2n) is 10.1. The molecule has 0 radical (unpaired) electrons. The summed E-state index contributed by atoms with van der Waals surface area (Å²) < 4.78 is 38.9. The molecule has 0 bridgehead atoms. The first-order valence-corrected chi connectivity index (χ1v) is 16.1. The Morgan fingerprint density at radius 3 is 1.34 bits per heavy atom. The molecule has 0 aromatic carbocycles. The van der Waals surface area contributed by atoms with Gasteiger partial charge in [0.1, 0.15) is 6.10 Å². The van der Waals surface area contributed by atoms with Crippen LogP contribution in [0.4, 0.5) is 0 Å². The molecule has 0 aliphatic carbocycles. The normalized spacial score (nSPS) is 12.3. The van der Waals surface area contributed by atoms with Crippen molar-refractivity contribution in [3.63, 3.8) is 0 Å². The summed E-state index contributed by atoms with van der Waals surface area (Å²) in [4.78, 5) is 12.0. The topological polar surface area (TPSA) is 83.5 Å². The Bertz CT molecular complexity index is 554. The monoisotopic (exact) mass is 526 g/mol. The fourth-order valence-corrected chi connectivity index (χ4v) is 5.13. The predicted octanol–water partition coefficient (Wildman–Crippen LogP) is 5.46. The molecule has 0 aromatic heterocycles. The molecule has 0 aromatic rings. The molecule has 0 fully saturated rings. The molecule has 7 heteroatoms. The van der Waals surface area contributed by atoms with E-state index in [0.29, 0.717) is 12.8 Å². The number of hydrogen-bond acceptors (Lipinski definition) is 5. The van der Waals surface area contributed by atoms with Gasteiger partial charge in [0.05, 0.1) is 15.9 Å². The van der Waals surface area contributed by atoms with Crippen molar-refractivity contribution in [1.82, 2.24) is 0 Å². The molecule has 35 heavy (non-hydrogen) atoms. The number of unbranched alkanes of at least 4 members (excludes halogenated alkanes) is 19. The third-order valence-electron chi connectivity index (χ3n) is 6.55. The van der Waals surface area contributed by atoms with E-state index in [-0.39, 0.29) is 35.5 Å². The minimum absolute atomic E-state index is 0. The third kappa shape index (κ3) is 30.5. The molecule has 1 atom stereocenters. The number of hydrogen-bond donors (Lipinski definition) is 0. The van der Waals surface area contributed by atoms with Crippen LogP contribution in [0.25, 0.3) is 0 Å². The van der Waals surface area contributed by atoms with Crippen LogP contribution in [0.3, 0.4) is 0 Å². The number of carbonyl (C=O) groups excluding carboxylic acids is 1.